The zero-order chi connectivity index (χ0) is 16.6. The van der Waals surface area contributed by atoms with Crippen LogP contribution in [0.4, 0.5) is 0 Å². The van der Waals surface area contributed by atoms with E-state index in [2.05, 4.69) is 15.3 Å². The van der Waals surface area contributed by atoms with Crippen LogP contribution < -0.4 is 5.32 Å². The third-order valence-electron chi connectivity index (χ3n) is 3.76. The lowest BCUT2D eigenvalue weighted by Crippen LogP contribution is -2.29. The number of nitrogens with one attached hydrogen (secondary N) is 1. The largest absolute Gasteiger partial charge is 0.376 e. The molecule has 1 aliphatic rings. The van der Waals surface area contributed by atoms with Gasteiger partial charge in [-0.25, -0.2) is 4.98 Å². The van der Waals surface area contributed by atoms with Gasteiger partial charge in [0.15, 0.2) is 0 Å². The molecule has 0 bridgehead atoms. The van der Waals surface area contributed by atoms with Gasteiger partial charge < -0.3 is 14.8 Å². The highest BCUT2D eigenvalue weighted by Crippen LogP contribution is 2.14. The van der Waals surface area contributed by atoms with Gasteiger partial charge in [-0.1, -0.05) is 12.1 Å². The highest BCUT2D eigenvalue weighted by molar-refractivity contribution is 5.77. The van der Waals surface area contributed by atoms with Gasteiger partial charge >= 0.3 is 0 Å². The van der Waals surface area contributed by atoms with Crippen molar-refractivity contribution in [2.45, 2.75) is 25.5 Å². The molecular formula is C18H21N3O3. The van der Waals surface area contributed by atoms with Crippen LogP contribution >= 0.6 is 0 Å². The maximum atomic E-state index is 11.8. The van der Waals surface area contributed by atoms with Crippen LogP contribution in [0, 0.1) is 0 Å². The molecule has 126 valence electrons. The van der Waals surface area contributed by atoms with Gasteiger partial charge in [0, 0.05) is 12.8 Å². The number of rotatable bonds is 7. The highest BCUT2D eigenvalue weighted by Gasteiger charge is 2.15. The Hall–Kier alpha value is -2.31. The van der Waals surface area contributed by atoms with Crippen molar-refractivity contribution in [1.82, 2.24) is 15.3 Å². The van der Waals surface area contributed by atoms with E-state index in [0.717, 1.165) is 36.5 Å². The fraction of sp³-hybridized carbons (Fsp3) is 0.389. The molecule has 0 aromatic carbocycles. The molecule has 2 aromatic rings. The maximum absolute atomic E-state index is 11.8. The normalized spacial score (nSPS) is 16.9. The summed E-state index contributed by atoms with van der Waals surface area (Å²) < 4.78 is 10.8. The van der Waals surface area contributed by atoms with Crippen molar-refractivity contribution in [2.75, 3.05) is 19.8 Å². The predicted octanol–water partition coefficient (Wildman–Crippen LogP) is 1.96. The Bertz CT molecular complexity index is 658. The molecule has 1 saturated heterocycles. The van der Waals surface area contributed by atoms with E-state index in [1.807, 2.05) is 36.4 Å². The van der Waals surface area contributed by atoms with Gasteiger partial charge in [0.05, 0.1) is 36.3 Å². The van der Waals surface area contributed by atoms with Gasteiger partial charge in [-0.05, 0) is 37.1 Å². The highest BCUT2D eigenvalue weighted by atomic mass is 16.5. The van der Waals surface area contributed by atoms with Crippen LogP contribution in [0.1, 0.15) is 18.5 Å². The van der Waals surface area contributed by atoms with Crippen molar-refractivity contribution in [3.05, 3.63) is 48.3 Å². The quantitative estimate of drug-likeness (QED) is 0.841. The van der Waals surface area contributed by atoms with Gasteiger partial charge in [-0.15, -0.1) is 0 Å². The number of pyridine rings is 2. The van der Waals surface area contributed by atoms with Crippen LogP contribution in [0.5, 0.6) is 0 Å². The minimum absolute atomic E-state index is 0.0415. The molecular weight excluding hydrogens is 306 g/mol. The Morgan fingerprint density at radius 3 is 2.96 bits per heavy atom. The number of carbonyl (C=O) groups is 1. The summed E-state index contributed by atoms with van der Waals surface area (Å²) in [7, 11) is 0. The number of ether oxygens (including phenoxy) is 2. The standard InChI is InChI=1S/C18H21N3O3/c22-18(13-23-12-15-6-4-10-24-15)20-11-14-5-3-8-17(21-14)16-7-1-2-9-19-16/h1-3,5,7-9,15H,4,6,10-13H2,(H,20,22). The number of amides is 1. The first kappa shape index (κ1) is 16.5. The molecule has 1 fully saturated rings. The van der Waals surface area contributed by atoms with Crippen molar-refractivity contribution in [1.29, 1.82) is 0 Å². The van der Waals surface area contributed by atoms with Crippen LogP contribution in [0.15, 0.2) is 42.6 Å². The van der Waals surface area contributed by atoms with E-state index in [0.29, 0.717) is 13.2 Å². The van der Waals surface area contributed by atoms with Gasteiger partial charge in [0.1, 0.15) is 6.61 Å². The van der Waals surface area contributed by atoms with E-state index >= 15 is 0 Å². The fourth-order valence-electron chi connectivity index (χ4n) is 2.53. The summed E-state index contributed by atoms with van der Waals surface area (Å²) >= 11 is 0. The topological polar surface area (TPSA) is 73.3 Å². The lowest BCUT2D eigenvalue weighted by atomic mass is 10.2. The summed E-state index contributed by atoms with van der Waals surface area (Å²) in [5.74, 6) is -0.155. The van der Waals surface area contributed by atoms with Crippen LogP contribution in [-0.2, 0) is 20.8 Å². The SMILES string of the molecule is O=C(COCC1CCCO1)NCc1cccc(-c2ccccn2)n1. The van der Waals surface area contributed by atoms with Crippen molar-refractivity contribution in [3.8, 4) is 11.4 Å². The molecule has 6 nitrogen and oxygen atoms in total. The second-order valence-electron chi connectivity index (χ2n) is 5.66. The van der Waals surface area contributed by atoms with E-state index in [9.17, 15) is 4.79 Å². The molecule has 1 atom stereocenters. The molecule has 1 aliphatic heterocycles. The van der Waals surface area contributed by atoms with Crippen molar-refractivity contribution < 1.29 is 14.3 Å². The van der Waals surface area contributed by atoms with E-state index in [1.165, 1.54) is 0 Å². The summed E-state index contributed by atoms with van der Waals surface area (Å²) in [5, 5.41) is 2.82. The van der Waals surface area contributed by atoms with Crippen molar-refractivity contribution >= 4 is 5.91 Å². The Labute approximate surface area is 141 Å². The van der Waals surface area contributed by atoms with Gasteiger partial charge in [0.25, 0.3) is 0 Å². The molecule has 0 aliphatic carbocycles. The second-order valence-corrected chi connectivity index (χ2v) is 5.66. The minimum Gasteiger partial charge on any atom is -0.376 e. The van der Waals surface area contributed by atoms with E-state index < -0.39 is 0 Å². The molecule has 0 saturated carbocycles. The molecule has 1 N–H and O–H groups in total. The average Bonchev–Trinajstić information content (AvgIpc) is 3.14. The van der Waals surface area contributed by atoms with Crippen molar-refractivity contribution in [2.24, 2.45) is 0 Å². The number of hydrogen-bond donors (Lipinski definition) is 1. The number of nitrogens with zero attached hydrogens (tertiary/aromatic N) is 2. The lowest BCUT2D eigenvalue weighted by molar-refractivity contribution is -0.127. The molecule has 24 heavy (non-hydrogen) atoms. The van der Waals surface area contributed by atoms with E-state index in [4.69, 9.17) is 9.47 Å². The first-order valence-electron chi connectivity index (χ1n) is 8.14. The summed E-state index contributed by atoms with van der Waals surface area (Å²) in [5.41, 5.74) is 2.38. The molecule has 1 unspecified atom stereocenters. The van der Waals surface area contributed by atoms with Gasteiger partial charge in [-0.3, -0.25) is 9.78 Å². The van der Waals surface area contributed by atoms with E-state index in [-0.39, 0.29) is 18.6 Å². The summed E-state index contributed by atoms with van der Waals surface area (Å²) in [4.78, 5) is 20.6. The molecule has 1 amide bonds. The van der Waals surface area contributed by atoms with Crippen LogP contribution in [-0.4, -0.2) is 41.8 Å². The van der Waals surface area contributed by atoms with Crippen LogP contribution in [0.25, 0.3) is 11.4 Å². The summed E-state index contributed by atoms with van der Waals surface area (Å²) in [6, 6.07) is 11.4. The zero-order valence-corrected chi connectivity index (χ0v) is 13.5. The monoisotopic (exact) mass is 327 g/mol. The molecule has 0 spiro atoms. The Kier molecular flexibility index (Phi) is 5.87. The Morgan fingerprint density at radius 2 is 2.17 bits per heavy atom. The van der Waals surface area contributed by atoms with Crippen molar-refractivity contribution in [3.63, 3.8) is 0 Å². The number of carbonyl (C=O) groups excluding carboxylic acids is 1. The first-order valence-corrected chi connectivity index (χ1v) is 8.14. The summed E-state index contributed by atoms with van der Waals surface area (Å²) in [6.45, 7) is 1.67. The Balaban J connectivity index is 1.45. The Morgan fingerprint density at radius 1 is 1.25 bits per heavy atom. The molecule has 2 aromatic heterocycles. The first-order chi connectivity index (χ1) is 11.8. The van der Waals surface area contributed by atoms with Gasteiger partial charge in [-0.2, -0.15) is 0 Å². The second kappa shape index (κ2) is 8.52. The van der Waals surface area contributed by atoms with Gasteiger partial charge in [0.2, 0.25) is 5.91 Å². The zero-order valence-electron chi connectivity index (χ0n) is 13.5. The molecule has 3 rings (SSSR count). The number of hydrogen-bond acceptors (Lipinski definition) is 5. The number of aromatic nitrogens is 2. The van der Waals surface area contributed by atoms with Crippen LogP contribution in [0.2, 0.25) is 0 Å². The summed E-state index contributed by atoms with van der Waals surface area (Å²) in [6.07, 6.45) is 3.94. The lowest BCUT2D eigenvalue weighted by Gasteiger charge is -2.10. The minimum atomic E-state index is -0.155. The molecule has 3 heterocycles. The fourth-order valence-corrected chi connectivity index (χ4v) is 2.53. The molecule has 6 heteroatoms. The predicted molar refractivity (Wildman–Crippen MR) is 89.1 cm³/mol. The van der Waals surface area contributed by atoms with Crippen LogP contribution in [0.3, 0.4) is 0 Å². The maximum Gasteiger partial charge on any atom is 0.246 e. The third kappa shape index (κ3) is 4.84. The smallest absolute Gasteiger partial charge is 0.246 e. The third-order valence-corrected chi connectivity index (χ3v) is 3.76. The average molecular weight is 327 g/mol. The molecule has 0 radical (unpaired) electrons. The van der Waals surface area contributed by atoms with E-state index in [1.54, 1.807) is 6.20 Å².